The lowest BCUT2D eigenvalue weighted by molar-refractivity contribution is 0.409. The molecule has 0 aliphatic heterocycles. The van der Waals surface area contributed by atoms with Crippen LogP contribution in [-0.4, -0.2) is 7.11 Å². The zero-order valence-electron chi connectivity index (χ0n) is 5.97. The van der Waals surface area contributed by atoms with Gasteiger partial charge in [0.25, 0.3) is 0 Å². The molecule has 0 saturated heterocycles. The molecule has 11 heavy (non-hydrogen) atoms. The minimum absolute atomic E-state index is 0.292. The quantitative estimate of drug-likeness (QED) is 0.741. The summed E-state index contributed by atoms with van der Waals surface area (Å²) in [5.41, 5.74) is 0.828. The van der Waals surface area contributed by atoms with E-state index >= 15 is 0 Å². The van der Waals surface area contributed by atoms with E-state index in [0.29, 0.717) is 5.75 Å². The summed E-state index contributed by atoms with van der Waals surface area (Å²) in [4.78, 5) is 0. The van der Waals surface area contributed by atoms with Crippen molar-refractivity contribution in [3.63, 3.8) is 0 Å². The van der Waals surface area contributed by atoms with E-state index in [-0.39, 0.29) is 5.82 Å². The Bertz CT molecular complexity index is 250. The van der Waals surface area contributed by atoms with Gasteiger partial charge in [-0.05, 0) is 6.07 Å². The van der Waals surface area contributed by atoms with E-state index in [9.17, 15) is 4.39 Å². The topological polar surface area (TPSA) is 9.23 Å². The molecular weight excluding hydrogens is 211 g/mol. The van der Waals surface area contributed by atoms with Crippen molar-refractivity contribution in [3.05, 3.63) is 34.9 Å². The Morgan fingerprint density at radius 1 is 1.55 bits per heavy atom. The third-order valence-electron chi connectivity index (χ3n) is 1.31. The molecule has 0 saturated carbocycles. The molecular formula is C8H7BrFO. The van der Waals surface area contributed by atoms with E-state index in [2.05, 4.69) is 15.9 Å². The van der Waals surface area contributed by atoms with Crippen LogP contribution in [0.4, 0.5) is 4.39 Å². The van der Waals surface area contributed by atoms with Crippen molar-refractivity contribution in [2.75, 3.05) is 7.11 Å². The fourth-order valence-electron chi connectivity index (χ4n) is 0.775. The minimum Gasteiger partial charge on any atom is -0.496 e. The highest BCUT2D eigenvalue weighted by Crippen LogP contribution is 2.22. The Morgan fingerprint density at radius 2 is 2.27 bits per heavy atom. The van der Waals surface area contributed by atoms with Gasteiger partial charge < -0.3 is 4.74 Å². The van der Waals surface area contributed by atoms with E-state index < -0.39 is 0 Å². The van der Waals surface area contributed by atoms with Crippen LogP contribution < -0.4 is 4.74 Å². The van der Waals surface area contributed by atoms with Gasteiger partial charge in [-0.3, -0.25) is 0 Å². The maximum absolute atomic E-state index is 12.6. The van der Waals surface area contributed by atoms with Crippen molar-refractivity contribution < 1.29 is 9.13 Å². The van der Waals surface area contributed by atoms with Gasteiger partial charge in [0.2, 0.25) is 0 Å². The second kappa shape index (κ2) is 3.72. The first-order valence-electron chi connectivity index (χ1n) is 3.05. The highest BCUT2D eigenvalue weighted by atomic mass is 79.9. The molecule has 0 aliphatic carbocycles. The number of hydrogen-bond acceptors (Lipinski definition) is 1. The lowest BCUT2D eigenvalue weighted by atomic mass is 10.2. The standard InChI is InChI=1S/C8H7BrFO/c1-11-8-4-7(10)3-2-6(8)5-9/h2-5H,1H3. The maximum atomic E-state index is 12.6. The normalized spacial score (nSPS) is 9.73. The molecule has 0 unspecified atom stereocenters. The van der Waals surface area contributed by atoms with Crippen molar-refractivity contribution in [1.82, 2.24) is 0 Å². The molecule has 0 amide bonds. The van der Waals surface area contributed by atoms with Crippen LogP contribution in [0, 0.1) is 11.1 Å². The van der Waals surface area contributed by atoms with Gasteiger partial charge in [-0.1, -0.05) is 22.0 Å². The molecule has 0 fully saturated rings. The minimum atomic E-state index is -0.292. The third-order valence-corrected chi connectivity index (χ3v) is 1.81. The summed E-state index contributed by atoms with van der Waals surface area (Å²) in [5.74, 6) is 0.238. The predicted molar refractivity (Wildman–Crippen MR) is 45.3 cm³/mol. The molecule has 0 atom stereocenters. The Kier molecular flexibility index (Phi) is 2.88. The van der Waals surface area contributed by atoms with Gasteiger partial charge in [0.05, 0.1) is 12.4 Å². The van der Waals surface area contributed by atoms with Crippen molar-refractivity contribution in [2.45, 2.75) is 0 Å². The molecule has 0 heterocycles. The van der Waals surface area contributed by atoms with Crippen LogP contribution in [0.15, 0.2) is 18.2 Å². The Hall–Kier alpha value is -0.570. The number of halogens is 2. The Labute approximate surface area is 73.3 Å². The molecule has 0 spiro atoms. The lowest BCUT2D eigenvalue weighted by Crippen LogP contribution is -1.88. The molecule has 0 aliphatic rings. The summed E-state index contributed by atoms with van der Waals surface area (Å²) in [7, 11) is 1.51. The average molecular weight is 218 g/mol. The van der Waals surface area contributed by atoms with Crippen molar-refractivity contribution in [3.8, 4) is 5.75 Å². The number of benzene rings is 1. The van der Waals surface area contributed by atoms with E-state index in [1.165, 1.54) is 19.2 Å². The lowest BCUT2D eigenvalue weighted by Gasteiger charge is -2.04. The largest absolute Gasteiger partial charge is 0.496 e. The van der Waals surface area contributed by atoms with Crippen molar-refractivity contribution >= 4 is 15.9 Å². The Balaban J connectivity index is 3.06. The fraction of sp³-hybridized carbons (Fsp3) is 0.125. The molecule has 1 aromatic carbocycles. The molecule has 1 radical (unpaired) electrons. The van der Waals surface area contributed by atoms with Crippen LogP contribution in [0.3, 0.4) is 0 Å². The highest BCUT2D eigenvalue weighted by Gasteiger charge is 2.01. The van der Waals surface area contributed by atoms with Gasteiger partial charge in [-0.2, -0.15) is 0 Å². The SMILES string of the molecule is COc1cc(F)ccc1[CH]Br. The fourth-order valence-corrected chi connectivity index (χ4v) is 1.15. The van der Waals surface area contributed by atoms with E-state index in [1.54, 1.807) is 11.4 Å². The Morgan fingerprint density at radius 3 is 2.82 bits per heavy atom. The number of hydrogen-bond donors (Lipinski definition) is 0. The third kappa shape index (κ3) is 1.93. The number of rotatable bonds is 2. The van der Waals surface area contributed by atoms with Crippen LogP contribution in [0.5, 0.6) is 5.75 Å². The zero-order valence-corrected chi connectivity index (χ0v) is 7.56. The van der Waals surface area contributed by atoms with Gasteiger partial charge in [0.15, 0.2) is 0 Å². The summed E-state index contributed by atoms with van der Waals surface area (Å²) in [6, 6.07) is 4.37. The molecule has 0 bridgehead atoms. The van der Waals surface area contributed by atoms with Crippen molar-refractivity contribution in [2.24, 2.45) is 0 Å². The molecule has 3 heteroatoms. The maximum Gasteiger partial charge on any atom is 0.126 e. The zero-order chi connectivity index (χ0) is 8.27. The van der Waals surface area contributed by atoms with Crippen LogP contribution >= 0.6 is 15.9 Å². The predicted octanol–water partition coefficient (Wildman–Crippen LogP) is 2.74. The van der Waals surface area contributed by atoms with Crippen LogP contribution in [0.1, 0.15) is 5.56 Å². The monoisotopic (exact) mass is 217 g/mol. The second-order valence-corrected chi connectivity index (χ2v) is 2.45. The van der Waals surface area contributed by atoms with Gasteiger partial charge in [-0.15, -0.1) is 0 Å². The smallest absolute Gasteiger partial charge is 0.126 e. The van der Waals surface area contributed by atoms with Crippen LogP contribution in [-0.2, 0) is 0 Å². The molecule has 0 N–H and O–H groups in total. The van der Waals surface area contributed by atoms with E-state index in [0.717, 1.165) is 5.56 Å². The number of ether oxygens (including phenoxy) is 1. The van der Waals surface area contributed by atoms with Gasteiger partial charge in [0.1, 0.15) is 11.6 Å². The van der Waals surface area contributed by atoms with Gasteiger partial charge >= 0.3 is 0 Å². The van der Waals surface area contributed by atoms with Gasteiger partial charge in [-0.25, -0.2) is 4.39 Å². The highest BCUT2D eigenvalue weighted by molar-refractivity contribution is 9.10. The molecule has 1 nitrogen and oxygen atoms in total. The summed E-state index contributed by atoms with van der Waals surface area (Å²) in [6.45, 7) is 0. The van der Waals surface area contributed by atoms with E-state index in [1.807, 2.05) is 0 Å². The molecule has 1 aromatic rings. The molecule has 1 rings (SSSR count). The number of methoxy groups -OCH3 is 1. The first kappa shape index (κ1) is 8.53. The van der Waals surface area contributed by atoms with Crippen LogP contribution in [0.2, 0.25) is 0 Å². The molecule has 59 valence electrons. The summed E-state index contributed by atoms with van der Waals surface area (Å²) in [6.07, 6.45) is 0. The summed E-state index contributed by atoms with van der Waals surface area (Å²) in [5, 5.41) is 1.69. The van der Waals surface area contributed by atoms with E-state index in [4.69, 9.17) is 4.74 Å². The summed E-state index contributed by atoms with van der Waals surface area (Å²) < 4.78 is 17.5. The van der Waals surface area contributed by atoms with Crippen LogP contribution in [0.25, 0.3) is 0 Å². The second-order valence-electron chi connectivity index (χ2n) is 2.00. The first-order valence-corrected chi connectivity index (χ1v) is 3.96. The molecule has 0 aromatic heterocycles. The van der Waals surface area contributed by atoms with Gasteiger partial charge in [0, 0.05) is 11.6 Å². The first-order chi connectivity index (χ1) is 5.27. The van der Waals surface area contributed by atoms with Crippen molar-refractivity contribution in [1.29, 1.82) is 0 Å². The average Bonchev–Trinajstić information content (AvgIpc) is 2.04. The summed E-state index contributed by atoms with van der Waals surface area (Å²) >= 11 is 3.15.